The van der Waals surface area contributed by atoms with Crippen molar-refractivity contribution in [1.29, 1.82) is 0 Å². The normalized spacial score (nSPS) is 22.1. The summed E-state index contributed by atoms with van der Waals surface area (Å²) in [5.74, 6) is 0.342. The highest BCUT2D eigenvalue weighted by molar-refractivity contribution is 6.07. The SMILES string of the molecule is COc1ccc2c(c1)CCN(C1CCN(C3=C/CCC=N/C(C(=O)N4CCc5cc(F)ccc54)=C\3)CC1)C(=O)N2. The number of fused-ring (bicyclic) bond motifs is 2. The van der Waals surface area contributed by atoms with Gasteiger partial charge in [-0.25, -0.2) is 9.18 Å². The van der Waals surface area contributed by atoms with Crippen LogP contribution in [0.4, 0.5) is 20.6 Å². The fourth-order valence-corrected chi connectivity index (χ4v) is 6.10. The second-order valence-electron chi connectivity index (χ2n) is 10.6. The number of methoxy groups -OCH3 is 1. The van der Waals surface area contributed by atoms with Crippen molar-refractivity contribution in [2.45, 2.75) is 44.6 Å². The number of ether oxygens (including phenoxy) is 1. The summed E-state index contributed by atoms with van der Waals surface area (Å²) in [7, 11) is 1.65. The molecule has 0 bridgehead atoms. The van der Waals surface area contributed by atoms with Crippen LogP contribution in [0.5, 0.6) is 5.75 Å². The predicted octanol–water partition coefficient (Wildman–Crippen LogP) is 4.91. The van der Waals surface area contributed by atoms with Gasteiger partial charge in [-0.05, 0) is 92.1 Å². The van der Waals surface area contributed by atoms with E-state index in [0.717, 1.165) is 79.1 Å². The summed E-state index contributed by atoms with van der Waals surface area (Å²) in [5, 5.41) is 3.08. The van der Waals surface area contributed by atoms with Gasteiger partial charge in [0.05, 0.1) is 7.11 Å². The van der Waals surface area contributed by atoms with Crippen LogP contribution in [0.25, 0.3) is 0 Å². The van der Waals surface area contributed by atoms with Crippen molar-refractivity contribution in [2.24, 2.45) is 4.99 Å². The smallest absolute Gasteiger partial charge is 0.322 e. The Labute approximate surface area is 233 Å². The first-order chi connectivity index (χ1) is 19.5. The maximum atomic E-state index is 13.7. The first kappa shape index (κ1) is 26.1. The molecular weight excluding hydrogens is 509 g/mol. The van der Waals surface area contributed by atoms with Gasteiger partial charge in [0.2, 0.25) is 0 Å². The molecule has 4 aliphatic heterocycles. The van der Waals surface area contributed by atoms with Crippen LogP contribution >= 0.6 is 0 Å². The fourth-order valence-electron chi connectivity index (χ4n) is 6.10. The topological polar surface area (TPSA) is 77.5 Å². The van der Waals surface area contributed by atoms with Gasteiger partial charge in [-0.1, -0.05) is 6.08 Å². The summed E-state index contributed by atoms with van der Waals surface area (Å²) >= 11 is 0. The number of nitrogens with zero attached hydrogens (tertiary/aromatic N) is 4. The molecule has 3 amide bonds. The maximum absolute atomic E-state index is 13.7. The fraction of sp³-hybridized carbons (Fsp3) is 0.387. The maximum Gasteiger partial charge on any atom is 0.322 e. The number of urea groups is 1. The molecule has 0 atom stereocenters. The number of likely N-dealkylation sites (tertiary alicyclic amines) is 1. The molecule has 0 radical (unpaired) electrons. The lowest BCUT2D eigenvalue weighted by atomic mass is 10.0. The van der Waals surface area contributed by atoms with Crippen LogP contribution in [0.15, 0.2) is 64.9 Å². The average Bonchev–Trinajstić information content (AvgIpc) is 3.29. The third-order valence-electron chi connectivity index (χ3n) is 8.27. The number of carbonyl (C=O) groups is 2. The number of hydrogen-bond acceptors (Lipinski definition) is 5. The van der Waals surface area contributed by atoms with E-state index >= 15 is 0 Å². The van der Waals surface area contributed by atoms with E-state index in [1.807, 2.05) is 29.2 Å². The van der Waals surface area contributed by atoms with Crippen molar-refractivity contribution in [3.05, 3.63) is 76.9 Å². The van der Waals surface area contributed by atoms with Crippen LogP contribution in [-0.2, 0) is 17.6 Å². The van der Waals surface area contributed by atoms with Gasteiger partial charge in [-0.3, -0.25) is 9.79 Å². The number of piperidine rings is 1. The number of anilines is 2. The Morgan fingerprint density at radius 2 is 1.85 bits per heavy atom. The molecule has 4 aliphatic rings. The van der Waals surface area contributed by atoms with E-state index in [0.29, 0.717) is 25.2 Å². The molecule has 0 saturated carbocycles. The van der Waals surface area contributed by atoms with Crippen molar-refractivity contribution >= 4 is 29.5 Å². The van der Waals surface area contributed by atoms with Crippen LogP contribution < -0.4 is 15.0 Å². The molecule has 0 aromatic heterocycles. The lowest BCUT2D eigenvalue weighted by Gasteiger charge is -2.39. The highest BCUT2D eigenvalue weighted by atomic mass is 19.1. The molecule has 2 aromatic rings. The van der Waals surface area contributed by atoms with Gasteiger partial charge in [0.25, 0.3) is 5.91 Å². The minimum atomic E-state index is -0.285. The number of nitrogens with one attached hydrogen (secondary N) is 1. The number of allylic oxidation sites excluding steroid dienone is 2. The number of rotatable bonds is 4. The quantitative estimate of drug-likeness (QED) is 0.595. The molecule has 0 aliphatic carbocycles. The Morgan fingerprint density at radius 3 is 2.67 bits per heavy atom. The van der Waals surface area contributed by atoms with Crippen LogP contribution in [-0.4, -0.2) is 67.3 Å². The van der Waals surface area contributed by atoms with Gasteiger partial charge in [0.15, 0.2) is 0 Å². The zero-order valence-corrected chi connectivity index (χ0v) is 22.7. The summed E-state index contributed by atoms with van der Waals surface area (Å²) in [6.45, 7) is 2.75. The van der Waals surface area contributed by atoms with Crippen molar-refractivity contribution in [2.75, 3.05) is 43.5 Å². The second kappa shape index (κ2) is 11.2. The van der Waals surface area contributed by atoms with E-state index in [9.17, 15) is 14.0 Å². The average molecular weight is 544 g/mol. The third-order valence-corrected chi connectivity index (χ3v) is 8.27. The molecule has 8 nitrogen and oxygen atoms in total. The molecule has 1 fully saturated rings. The zero-order valence-electron chi connectivity index (χ0n) is 22.7. The monoisotopic (exact) mass is 543 g/mol. The van der Waals surface area contributed by atoms with Gasteiger partial charge in [0, 0.05) is 55.5 Å². The molecule has 1 N–H and O–H groups in total. The van der Waals surface area contributed by atoms with Crippen LogP contribution in [0.2, 0.25) is 0 Å². The predicted molar refractivity (Wildman–Crippen MR) is 153 cm³/mol. The molecule has 0 spiro atoms. The number of aliphatic imine (C=N–C) groups is 1. The summed E-state index contributed by atoms with van der Waals surface area (Å²) in [6.07, 6.45) is 10.6. The second-order valence-corrected chi connectivity index (χ2v) is 10.6. The number of amides is 3. The minimum Gasteiger partial charge on any atom is -0.497 e. The van der Waals surface area contributed by atoms with E-state index in [2.05, 4.69) is 21.3 Å². The highest BCUT2D eigenvalue weighted by Gasteiger charge is 2.32. The lowest BCUT2D eigenvalue weighted by Crippen LogP contribution is -2.48. The van der Waals surface area contributed by atoms with Gasteiger partial charge in [-0.2, -0.15) is 0 Å². The van der Waals surface area contributed by atoms with Crippen LogP contribution in [0, 0.1) is 5.82 Å². The first-order valence-electron chi connectivity index (χ1n) is 14.0. The Kier molecular flexibility index (Phi) is 7.28. The van der Waals surface area contributed by atoms with Crippen molar-refractivity contribution in [1.82, 2.24) is 9.80 Å². The molecule has 2 aromatic carbocycles. The van der Waals surface area contributed by atoms with Crippen molar-refractivity contribution < 1.29 is 18.7 Å². The Morgan fingerprint density at radius 1 is 1.02 bits per heavy atom. The lowest BCUT2D eigenvalue weighted by molar-refractivity contribution is -0.115. The first-order valence-corrected chi connectivity index (χ1v) is 14.0. The molecule has 4 heterocycles. The molecule has 1 saturated heterocycles. The van der Waals surface area contributed by atoms with Gasteiger partial charge in [0.1, 0.15) is 17.3 Å². The Hall–Kier alpha value is -4.14. The summed E-state index contributed by atoms with van der Waals surface area (Å²) < 4.78 is 19.1. The number of benzene rings is 2. The van der Waals surface area contributed by atoms with E-state index in [4.69, 9.17) is 4.74 Å². The van der Waals surface area contributed by atoms with Crippen LogP contribution in [0.3, 0.4) is 0 Å². The van der Waals surface area contributed by atoms with E-state index in [1.165, 1.54) is 12.1 Å². The van der Waals surface area contributed by atoms with Crippen molar-refractivity contribution in [3.63, 3.8) is 0 Å². The highest BCUT2D eigenvalue weighted by Crippen LogP contribution is 2.32. The largest absolute Gasteiger partial charge is 0.497 e. The minimum absolute atomic E-state index is 0.0552. The van der Waals surface area contributed by atoms with Gasteiger partial charge >= 0.3 is 6.03 Å². The standard InChI is InChI=1S/C31H34FN5O3/c1-40-26-6-7-27-21(19-26)9-16-36(31(39)34-27)24-11-14-35(15-12-24)25-4-2-3-13-33-28(20-25)30(38)37-17-10-22-18-23(32)5-8-29(22)37/h4-8,13,18-20,24H,2-3,9-12,14-17H2,1H3,(H,34,39)/b25-4+,28-20-,33-13?. The zero-order chi connectivity index (χ0) is 27.6. The van der Waals surface area contributed by atoms with E-state index in [-0.39, 0.29) is 23.8 Å². The van der Waals surface area contributed by atoms with Gasteiger partial charge < -0.3 is 24.8 Å². The molecule has 40 heavy (non-hydrogen) atoms. The summed E-state index contributed by atoms with van der Waals surface area (Å²) in [5.41, 5.74) is 4.93. The molecule has 9 heteroatoms. The number of hydrogen-bond donors (Lipinski definition) is 1. The number of halogens is 1. The number of carbonyl (C=O) groups excluding carboxylic acids is 2. The van der Waals surface area contributed by atoms with E-state index < -0.39 is 0 Å². The summed E-state index contributed by atoms with van der Waals surface area (Å²) in [6, 6.07) is 10.4. The Balaban J connectivity index is 1.13. The molecular formula is C31H34FN5O3. The van der Waals surface area contributed by atoms with Crippen LogP contribution in [0.1, 0.15) is 36.8 Å². The molecule has 6 rings (SSSR count). The summed E-state index contributed by atoms with van der Waals surface area (Å²) in [4.78, 5) is 37.2. The van der Waals surface area contributed by atoms with E-state index in [1.54, 1.807) is 24.3 Å². The van der Waals surface area contributed by atoms with Crippen molar-refractivity contribution in [3.8, 4) is 5.75 Å². The molecule has 208 valence electrons. The molecule has 0 unspecified atom stereocenters. The Bertz CT molecular complexity index is 1410. The third kappa shape index (κ3) is 5.20. The van der Waals surface area contributed by atoms with Gasteiger partial charge in [-0.15, -0.1) is 0 Å².